The number of rotatable bonds is 2. The molecule has 0 radical (unpaired) electrons. The molecule has 1 aromatic rings. The molecule has 2 rings (SSSR count). The van der Waals surface area contributed by atoms with Crippen molar-refractivity contribution in [2.24, 2.45) is 0 Å². The molecule has 1 aliphatic rings. The summed E-state index contributed by atoms with van der Waals surface area (Å²) in [6.45, 7) is 1.54. The van der Waals surface area contributed by atoms with Crippen LogP contribution in [-0.2, 0) is 11.3 Å². The summed E-state index contributed by atoms with van der Waals surface area (Å²) in [6.07, 6.45) is 3.68. The summed E-state index contributed by atoms with van der Waals surface area (Å²) in [5, 5.41) is 0. The van der Waals surface area contributed by atoms with E-state index in [4.69, 9.17) is 4.74 Å². The Balaban J connectivity index is 2.09. The van der Waals surface area contributed by atoms with E-state index in [0.29, 0.717) is 6.73 Å². The Kier molecular flexibility index (Phi) is 2.54. The van der Waals surface area contributed by atoms with Crippen molar-refractivity contribution in [3.05, 3.63) is 46.8 Å². The van der Waals surface area contributed by atoms with Crippen LogP contribution in [0.4, 0.5) is 0 Å². The maximum atomic E-state index is 5.10. The van der Waals surface area contributed by atoms with Gasteiger partial charge in [0.1, 0.15) is 6.26 Å². The lowest BCUT2D eigenvalue weighted by Gasteiger charge is -2.14. The Morgan fingerprint density at radius 2 is 2.23 bits per heavy atom. The normalized spacial score (nSPS) is 14.7. The van der Waals surface area contributed by atoms with Crippen LogP contribution >= 0.6 is 15.9 Å². The van der Waals surface area contributed by atoms with Gasteiger partial charge in [0.05, 0.1) is 0 Å². The first-order valence-electron chi connectivity index (χ1n) is 4.12. The van der Waals surface area contributed by atoms with E-state index in [2.05, 4.69) is 33.0 Å². The second-order valence-electron chi connectivity index (χ2n) is 2.92. The first-order valence-corrected chi connectivity index (χ1v) is 4.91. The molecule has 13 heavy (non-hydrogen) atoms. The average molecular weight is 240 g/mol. The molecule has 0 spiro atoms. The van der Waals surface area contributed by atoms with Crippen molar-refractivity contribution in [3.63, 3.8) is 0 Å². The molecule has 0 bridgehead atoms. The van der Waals surface area contributed by atoms with Crippen LogP contribution in [0.25, 0.3) is 0 Å². The summed E-state index contributed by atoms with van der Waals surface area (Å²) in [5.74, 6) is 0. The second-order valence-corrected chi connectivity index (χ2v) is 3.77. The molecule has 0 unspecified atom stereocenters. The first-order chi connectivity index (χ1) is 6.36. The van der Waals surface area contributed by atoms with Crippen molar-refractivity contribution in [2.75, 3.05) is 6.73 Å². The number of hydrogen-bond donors (Lipinski definition) is 0. The maximum absolute atomic E-state index is 5.10. The van der Waals surface area contributed by atoms with Crippen LogP contribution in [0.1, 0.15) is 5.56 Å². The van der Waals surface area contributed by atoms with Crippen LogP contribution in [0.5, 0.6) is 0 Å². The van der Waals surface area contributed by atoms with Gasteiger partial charge in [-0.2, -0.15) is 0 Å². The highest BCUT2D eigenvalue weighted by Gasteiger charge is 2.07. The first kappa shape index (κ1) is 8.63. The summed E-state index contributed by atoms with van der Waals surface area (Å²) in [5.41, 5.74) is 1.28. The lowest BCUT2D eigenvalue weighted by atomic mass is 10.2. The van der Waals surface area contributed by atoms with Crippen LogP contribution in [0.2, 0.25) is 0 Å². The molecular formula is C10H10BrNO. The number of nitrogens with zero attached hydrogens (tertiary/aromatic N) is 1. The number of benzene rings is 1. The molecule has 1 heterocycles. The summed E-state index contributed by atoms with van der Waals surface area (Å²) in [6, 6.07) is 8.22. The van der Waals surface area contributed by atoms with Crippen molar-refractivity contribution < 1.29 is 4.74 Å². The van der Waals surface area contributed by atoms with Gasteiger partial charge in [-0.05, 0) is 11.6 Å². The highest BCUT2D eigenvalue weighted by atomic mass is 79.9. The van der Waals surface area contributed by atoms with E-state index in [0.717, 1.165) is 11.0 Å². The monoisotopic (exact) mass is 239 g/mol. The van der Waals surface area contributed by atoms with Gasteiger partial charge in [-0.15, -0.1) is 0 Å². The van der Waals surface area contributed by atoms with Gasteiger partial charge >= 0.3 is 0 Å². The maximum Gasteiger partial charge on any atom is 0.160 e. The molecule has 68 valence electrons. The van der Waals surface area contributed by atoms with E-state index < -0.39 is 0 Å². The number of halogens is 1. The van der Waals surface area contributed by atoms with E-state index in [-0.39, 0.29) is 0 Å². The van der Waals surface area contributed by atoms with E-state index >= 15 is 0 Å². The molecule has 1 aromatic carbocycles. The standard InChI is InChI=1S/C10H10BrNO/c11-10-4-2-1-3-9(10)7-12-5-6-13-8-12/h1-6H,7-8H2. The zero-order valence-corrected chi connectivity index (χ0v) is 8.70. The zero-order chi connectivity index (χ0) is 9.10. The van der Waals surface area contributed by atoms with Crippen LogP contribution in [-0.4, -0.2) is 11.6 Å². The molecule has 0 fully saturated rings. The summed E-state index contributed by atoms with van der Waals surface area (Å²) >= 11 is 3.51. The van der Waals surface area contributed by atoms with Crippen molar-refractivity contribution in [2.45, 2.75) is 6.54 Å². The fourth-order valence-electron chi connectivity index (χ4n) is 1.25. The van der Waals surface area contributed by atoms with E-state index in [1.165, 1.54) is 5.56 Å². The number of hydrogen-bond acceptors (Lipinski definition) is 2. The van der Waals surface area contributed by atoms with Gasteiger partial charge < -0.3 is 9.64 Å². The molecule has 0 amide bonds. The second kappa shape index (κ2) is 3.83. The minimum absolute atomic E-state index is 0.654. The lowest BCUT2D eigenvalue weighted by Crippen LogP contribution is -2.14. The molecule has 0 aromatic heterocycles. The van der Waals surface area contributed by atoms with Gasteiger partial charge in [0.15, 0.2) is 6.73 Å². The molecule has 0 N–H and O–H groups in total. The smallest absolute Gasteiger partial charge is 0.160 e. The Hall–Kier alpha value is -0.960. The molecule has 0 saturated carbocycles. The van der Waals surface area contributed by atoms with Crippen LogP contribution in [0.15, 0.2) is 41.2 Å². The predicted octanol–water partition coefficient (Wildman–Crippen LogP) is 2.71. The van der Waals surface area contributed by atoms with Gasteiger partial charge in [0.2, 0.25) is 0 Å². The zero-order valence-electron chi connectivity index (χ0n) is 7.11. The third kappa shape index (κ3) is 2.04. The van der Waals surface area contributed by atoms with E-state index in [1.54, 1.807) is 6.26 Å². The average Bonchev–Trinajstić information content (AvgIpc) is 2.61. The Labute approximate surface area is 85.9 Å². The Morgan fingerprint density at radius 1 is 1.38 bits per heavy atom. The quantitative estimate of drug-likeness (QED) is 0.788. The lowest BCUT2D eigenvalue weighted by molar-refractivity contribution is 0.167. The molecule has 0 aliphatic carbocycles. The van der Waals surface area contributed by atoms with Crippen molar-refractivity contribution in [1.82, 2.24) is 4.90 Å². The minimum atomic E-state index is 0.654. The predicted molar refractivity (Wildman–Crippen MR) is 54.8 cm³/mol. The van der Waals surface area contributed by atoms with Gasteiger partial charge in [-0.1, -0.05) is 34.1 Å². The Bertz CT molecular complexity index is 324. The largest absolute Gasteiger partial charge is 0.479 e. The fraction of sp³-hybridized carbons (Fsp3) is 0.200. The molecule has 2 nitrogen and oxygen atoms in total. The third-order valence-corrected chi connectivity index (χ3v) is 2.71. The Morgan fingerprint density at radius 3 is 2.92 bits per heavy atom. The summed E-state index contributed by atoms with van der Waals surface area (Å²) in [7, 11) is 0. The molecule has 0 saturated heterocycles. The van der Waals surface area contributed by atoms with E-state index in [9.17, 15) is 0 Å². The number of ether oxygens (including phenoxy) is 1. The molecular weight excluding hydrogens is 230 g/mol. The van der Waals surface area contributed by atoms with Crippen molar-refractivity contribution in [1.29, 1.82) is 0 Å². The highest BCUT2D eigenvalue weighted by molar-refractivity contribution is 9.10. The van der Waals surface area contributed by atoms with Crippen LogP contribution in [0.3, 0.4) is 0 Å². The third-order valence-electron chi connectivity index (χ3n) is 1.94. The molecule has 0 atom stereocenters. The van der Waals surface area contributed by atoms with Gasteiger partial charge in [-0.3, -0.25) is 0 Å². The highest BCUT2D eigenvalue weighted by Crippen LogP contribution is 2.18. The van der Waals surface area contributed by atoms with Gasteiger partial charge in [0, 0.05) is 17.2 Å². The molecule has 3 heteroatoms. The minimum Gasteiger partial charge on any atom is -0.479 e. The van der Waals surface area contributed by atoms with Crippen molar-refractivity contribution >= 4 is 15.9 Å². The van der Waals surface area contributed by atoms with Gasteiger partial charge in [-0.25, -0.2) is 0 Å². The molecule has 1 aliphatic heterocycles. The SMILES string of the molecule is Brc1ccccc1CN1C=COC1. The summed E-state index contributed by atoms with van der Waals surface area (Å²) in [4.78, 5) is 2.11. The van der Waals surface area contributed by atoms with Crippen LogP contribution in [0, 0.1) is 0 Å². The van der Waals surface area contributed by atoms with E-state index in [1.807, 2.05) is 18.3 Å². The van der Waals surface area contributed by atoms with Crippen LogP contribution < -0.4 is 0 Å². The van der Waals surface area contributed by atoms with Crippen molar-refractivity contribution in [3.8, 4) is 0 Å². The fourth-order valence-corrected chi connectivity index (χ4v) is 1.66. The summed E-state index contributed by atoms with van der Waals surface area (Å²) < 4.78 is 6.25. The van der Waals surface area contributed by atoms with Gasteiger partial charge in [0.25, 0.3) is 0 Å². The topological polar surface area (TPSA) is 12.5 Å².